The average molecular weight is 247 g/mol. The van der Waals surface area contributed by atoms with Gasteiger partial charge < -0.3 is 11.1 Å². The molecule has 5 heteroatoms. The zero-order chi connectivity index (χ0) is 11.6. The minimum atomic E-state index is -0.408. The van der Waals surface area contributed by atoms with Crippen molar-refractivity contribution in [1.82, 2.24) is 5.32 Å². The molecule has 0 saturated carbocycles. The van der Waals surface area contributed by atoms with Crippen molar-refractivity contribution < 1.29 is 4.79 Å². The number of hydrogen-bond donors (Lipinski definition) is 2. The molecule has 0 unspecified atom stereocenters. The van der Waals surface area contributed by atoms with Gasteiger partial charge in [0.15, 0.2) is 0 Å². The van der Waals surface area contributed by atoms with E-state index in [1.807, 2.05) is 26.2 Å². The van der Waals surface area contributed by atoms with Crippen LogP contribution in [0.5, 0.6) is 0 Å². The van der Waals surface area contributed by atoms with Gasteiger partial charge in [0.2, 0.25) is 0 Å². The number of nitrogens with one attached hydrogen (secondary N) is 1. The zero-order valence-electron chi connectivity index (χ0n) is 9.06. The molecule has 3 nitrogen and oxygen atoms in total. The molecule has 0 atom stereocenters. The molecule has 0 radical (unpaired) electrons. The fourth-order valence-corrected chi connectivity index (χ4v) is 2.17. The van der Waals surface area contributed by atoms with E-state index in [9.17, 15) is 4.79 Å². The number of amides is 1. The smallest absolute Gasteiger partial charge is 0.262 e. The summed E-state index contributed by atoms with van der Waals surface area (Å²) < 4.78 is 0. The molecule has 1 heterocycles. The molecule has 0 bridgehead atoms. The Balaban J connectivity index is 2.66. The Kier molecular flexibility index (Phi) is 3.76. The first-order chi connectivity index (χ1) is 6.81. The lowest BCUT2D eigenvalue weighted by Crippen LogP contribution is -2.45. The van der Waals surface area contributed by atoms with Crippen LogP contribution in [0, 0.1) is 6.92 Å². The van der Waals surface area contributed by atoms with Crippen molar-refractivity contribution in [2.45, 2.75) is 26.3 Å². The Labute approximate surface area is 98.6 Å². The van der Waals surface area contributed by atoms with Gasteiger partial charge in [-0.05, 0) is 31.7 Å². The summed E-state index contributed by atoms with van der Waals surface area (Å²) >= 11 is 7.32. The summed E-state index contributed by atoms with van der Waals surface area (Å²) in [4.78, 5) is 12.2. The maximum Gasteiger partial charge on any atom is 0.262 e. The third kappa shape index (κ3) is 3.48. The number of halogens is 1. The minimum Gasteiger partial charge on any atom is -0.349 e. The fourth-order valence-electron chi connectivity index (χ4n) is 0.971. The van der Waals surface area contributed by atoms with Gasteiger partial charge in [-0.15, -0.1) is 11.3 Å². The number of aryl methyl sites for hydroxylation is 1. The minimum absolute atomic E-state index is 0.156. The van der Waals surface area contributed by atoms with Gasteiger partial charge in [-0.1, -0.05) is 11.6 Å². The van der Waals surface area contributed by atoms with Crippen LogP contribution in [0.2, 0.25) is 5.02 Å². The van der Waals surface area contributed by atoms with Gasteiger partial charge >= 0.3 is 0 Å². The number of hydrogen-bond acceptors (Lipinski definition) is 3. The van der Waals surface area contributed by atoms with Crippen LogP contribution in [0.15, 0.2) is 5.38 Å². The molecule has 1 amide bonds. The summed E-state index contributed by atoms with van der Waals surface area (Å²) in [6, 6.07) is 0. The van der Waals surface area contributed by atoms with Crippen molar-refractivity contribution >= 4 is 28.8 Å². The van der Waals surface area contributed by atoms with Crippen molar-refractivity contribution in [2.75, 3.05) is 6.54 Å². The Morgan fingerprint density at radius 2 is 2.27 bits per heavy atom. The highest BCUT2D eigenvalue weighted by atomic mass is 35.5. The van der Waals surface area contributed by atoms with Gasteiger partial charge in [0, 0.05) is 12.1 Å². The Morgan fingerprint density at radius 1 is 1.67 bits per heavy atom. The monoisotopic (exact) mass is 246 g/mol. The predicted molar refractivity (Wildman–Crippen MR) is 64.7 cm³/mol. The van der Waals surface area contributed by atoms with Crippen LogP contribution < -0.4 is 11.1 Å². The highest BCUT2D eigenvalue weighted by Gasteiger charge is 2.17. The molecular weight excluding hydrogens is 232 g/mol. The topological polar surface area (TPSA) is 55.1 Å². The van der Waals surface area contributed by atoms with Crippen LogP contribution in [-0.4, -0.2) is 18.0 Å². The normalized spacial score (nSPS) is 11.5. The van der Waals surface area contributed by atoms with Crippen LogP contribution in [-0.2, 0) is 0 Å². The van der Waals surface area contributed by atoms with Crippen LogP contribution in [0.4, 0.5) is 0 Å². The van der Waals surface area contributed by atoms with E-state index >= 15 is 0 Å². The van der Waals surface area contributed by atoms with Gasteiger partial charge in [0.05, 0.1) is 5.02 Å². The number of rotatable bonds is 3. The third-order valence-corrected chi connectivity index (χ3v) is 3.51. The average Bonchev–Trinajstić information content (AvgIpc) is 2.43. The molecule has 3 N–H and O–H groups in total. The maximum atomic E-state index is 11.7. The lowest BCUT2D eigenvalue weighted by molar-refractivity contribution is 0.0950. The van der Waals surface area contributed by atoms with E-state index in [0.717, 1.165) is 5.56 Å². The van der Waals surface area contributed by atoms with Crippen molar-refractivity contribution in [3.8, 4) is 0 Å². The van der Waals surface area contributed by atoms with Crippen LogP contribution in [0.1, 0.15) is 29.1 Å². The quantitative estimate of drug-likeness (QED) is 0.859. The lowest BCUT2D eigenvalue weighted by atomic mass is 10.1. The second-order valence-electron chi connectivity index (χ2n) is 4.23. The molecule has 0 aliphatic carbocycles. The van der Waals surface area contributed by atoms with E-state index in [2.05, 4.69) is 5.32 Å². The van der Waals surface area contributed by atoms with E-state index in [0.29, 0.717) is 16.4 Å². The highest BCUT2D eigenvalue weighted by molar-refractivity contribution is 7.13. The first-order valence-electron chi connectivity index (χ1n) is 4.62. The SMILES string of the molecule is Cc1csc(C(=O)NCC(C)(C)N)c1Cl. The molecule has 1 rings (SSSR count). The molecule has 15 heavy (non-hydrogen) atoms. The van der Waals surface area contributed by atoms with Gasteiger partial charge in [0.25, 0.3) is 5.91 Å². The second-order valence-corrected chi connectivity index (χ2v) is 5.49. The van der Waals surface area contributed by atoms with Crippen LogP contribution in [0.3, 0.4) is 0 Å². The molecule has 0 aliphatic heterocycles. The Hall–Kier alpha value is -0.580. The predicted octanol–water partition coefficient (Wildman–Crippen LogP) is 2.18. The first-order valence-corrected chi connectivity index (χ1v) is 5.88. The van der Waals surface area contributed by atoms with Gasteiger partial charge in [-0.25, -0.2) is 0 Å². The third-order valence-electron chi connectivity index (χ3n) is 1.81. The Morgan fingerprint density at radius 3 is 2.67 bits per heavy atom. The molecular formula is C10H15ClN2OS. The number of carbonyl (C=O) groups excluding carboxylic acids is 1. The molecule has 0 spiro atoms. The number of carbonyl (C=O) groups is 1. The van der Waals surface area contributed by atoms with Crippen molar-refractivity contribution in [2.24, 2.45) is 5.73 Å². The summed E-state index contributed by atoms with van der Waals surface area (Å²) in [6.07, 6.45) is 0. The van der Waals surface area contributed by atoms with Gasteiger partial charge in [0.1, 0.15) is 4.88 Å². The zero-order valence-corrected chi connectivity index (χ0v) is 10.6. The second kappa shape index (κ2) is 4.51. The maximum absolute atomic E-state index is 11.7. The van der Waals surface area contributed by atoms with E-state index in [-0.39, 0.29) is 5.91 Å². The van der Waals surface area contributed by atoms with Crippen molar-refractivity contribution in [3.05, 3.63) is 20.8 Å². The summed E-state index contributed by atoms with van der Waals surface area (Å²) in [5, 5.41) is 5.16. The number of nitrogens with two attached hydrogens (primary N) is 1. The van der Waals surface area contributed by atoms with E-state index in [1.54, 1.807) is 0 Å². The Bertz CT molecular complexity index is 368. The lowest BCUT2D eigenvalue weighted by Gasteiger charge is -2.18. The summed E-state index contributed by atoms with van der Waals surface area (Å²) in [5.74, 6) is -0.156. The highest BCUT2D eigenvalue weighted by Crippen LogP contribution is 2.26. The van der Waals surface area contributed by atoms with Crippen LogP contribution >= 0.6 is 22.9 Å². The van der Waals surface area contributed by atoms with E-state index in [4.69, 9.17) is 17.3 Å². The van der Waals surface area contributed by atoms with E-state index < -0.39 is 5.54 Å². The molecule has 0 aliphatic rings. The van der Waals surface area contributed by atoms with Crippen molar-refractivity contribution in [1.29, 1.82) is 0 Å². The first kappa shape index (κ1) is 12.5. The standard InChI is InChI=1S/C10H15ClN2OS/c1-6-4-15-8(7(6)11)9(14)13-5-10(2,3)12/h4H,5,12H2,1-3H3,(H,13,14). The molecule has 0 fully saturated rings. The van der Waals surface area contributed by atoms with Gasteiger partial charge in [-0.2, -0.15) is 0 Å². The van der Waals surface area contributed by atoms with E-state index in [1.165, 1.54) is 11.3 Å². The number of thiophene rings is 1. The van der Waals surface area contributed by atoms with Gasteiger partial charge in [-0.3, -0.25) is 4.79 Å². The molecule has 1 aromatic heterocycles. The summed E-state index contributed by atoms with van der Waals surface area (Å²) in [7, 11) is 0. The summed E-state index contributed by atoms with van der Waals surface area (Å²) in [6.45, 7) is 6.02. The van der Waals surface area contributed by atoms with Crippen LogP contribution in [0.25, 0.3) is 0 Å². The molecule has 0 saturated heterocycles. The molecule has 84 valence electrons. The summed E-state index contributed by atoms with van der Waals surface area (Å²) in [5.41, 5.74) is 6.28. The molecule has 1 aromatic rings. The fraction of sp³-hybridized carbons (Fsp3) is 0.500. The molecule has 0 aromatic carbocycles. The largest absolute Gasteiger partial charge is 0.349 e. The van der Waals surface area contributed by atoms with Crippen molar-refractivity contribution in [3.63, 3.8) is 0 Å².